The highest BCUT2D eigenvalue weighted by Crippen LogP contribution is 2.21. The van der Waals surface area contributed by atoms with Crippen LogP contribution in [0.15, 0.2) is 51.8 Å². The molecule has 0 radical (unpaired) electrons. The van der Waals surface area contributed by atoms with Gasteiger partial charge >= 0.3 is 0 Å². The van der Waals surface area contributed by atoms with Crippen molar-refractivity contribution < 1.29 is 8.42 Å². The standard InChI is InChI=1S/C13H13BrN2O2S/c1-9-2-5-11(8-13(9)15)16-19(17,18)12-6-3-10(14)4-7-12/h2-8,16H,15H2,1H3. The Morgan fingerprint density at radius 2 is 1.74 bits per heavy atom. The molecule has 2 aromatic rings. The van der Waals surface area contributed by atoms with Crippen molar-refractivity contribution >= 4 is 37.3 Å². The average molecular weight is 341 g/mol. The Bertz CT molecular complexity index is 697. The zero-order valence-corrected chi connectivity index (χ0v) is 12.6. The van der Waals surface area contributed by atoms with Crippen LogP contribution in [0.3, 0.4) is 0 Å². The highest BCUT2D eigenvalue weighted by atomic mass is 79.9. The molecule has 0 amide bonds. The van der Waals surface area contributed by atoms with Gasteiger partial charge in [0, 0.05) is 10.2 Å². The molecule has 0 fully saturated rings. The Balaban J connectivity index is 2.30. The minimum absolute atomic E-state index is 0.204. The van der Waals surface area contributed by atoms with Gasteiger partial charge in [0.15, 0.2) is 0 Å². The molecule has 0 unspecified atom stereocenters. The summed E-state index contributed by atoms with van der Waals surface area (Å²) in [5.41, 5.74) is 7.67. The van der Waals surface area contributed by atoms with E-state index < -0.39 is 10.0 Å². The maximum Gasteiger partial charge on any atom is 0.261 e. The fourth-order valence-corrected chi connectivity index (χ4v) is 2.85. The number of sulfonamides is 1. The monoisotopic (exact) mass is 340 g/mol. The van der Waals surface area contributed by atoms with Crippen LogP contribution in [-0.4, -0.2) is 8.42 Å². The third-order valence-electron chi connectivity index (χ3n) is 2.66. The molecular weight excluding hydrogens is 328 g/mol. The molecule has 100 valence electrons. The lowest BCUT2D eigenvalue weighted by Gasteiger charge is -2.09. The fraction of sp³-hybridized carbons (Fsp3) is 0.0769. The molecular formula is C13H13BrN2O2S. The lowest BCUT2D eigenvalue weighted by atomic mass is 10.2. The summed E-state index contributed by atoms with van der Waals surface area (Å²) >= 11 is 3.26. The Hall–Kier alpha value is -1.53. The van der Waals surface area contributed by atoms with Crippen LogP contribution in [0.1, 0.15) is 5.56 Å². The summed E-state index contributed by atoms with van der Waals surface area (Å²) in [5, 5.41) is 0. The number of hydrogen-bond donors (Lipinski definition) is 2. The molecule has 0 aliphatic carbocycles. The Morgan fingerprint density at radius 3 is 2.32 bits per heavy atom. The molecule has 3 N–H and O–H groups in total. The lowest BCUT2D eigenvalue weighted by Crippen LogP contribution is -2.13. The van der Waals surface area contributed by atoms with Gasteiger partial charge in [0.05, 0.1) is 10.6 Å². The number of nitrogens with two attached hydrogens (primary N) is 1. The third-order valence-corrected chi connectivity index (χ3v) is 4.58. The van der Waals surface area contributed by atoms with E-state index in [-0.39, 0.29) is 4.90 Å². The first-order valence-corrected chi connectivity index (χ1v) is 7.80. The van der Waals surface area contributed by atoms with Crippen molar-refractivity contribution in [2.75, 3.05) is 10.5 Å². The zero-order chi connectivity index (χ0) is 14.0. The number of nitrogens with one attached hydrogen (secondary N) is 1. The van der Waals surface area contributed by atoms with Crippen molar-refractivity contribution in [3.8, 4) is 0 Å². The van der Waals surface area contributed by atoms with E-state index in [1.54, 1.807) is 30.3 Å². The van der Waals surface area contributed by atoms with Crippen LogP contribution >= 0.6 is 15.9 Å². The second kappa shape index (κ2) is 5.22. The van der Waals surface area contributed by atoms with Crippen LogP contribution in [0.25, 0.3) is 0 Å². The van der Waals surface area contributed by atoms with Gasteiger partial charge in [-0.15, -0.1) is 0 Å². The largest absolute Gasteiger partial charge is 0.398 e. The van der Waals surface area contributed by atoms with Crippen molar-refractivity contribution in [1.29, 1.82) is 0 Å². The summed E-state index contributed by atoms with van der Waals surface area (Å²) in [6, 6.07) is 11.5. The van der Waals surface area contributed by atoms with Crippen molar-refractivity contribution in [2.45, 2.75) is 11.8 Å². The Labute approximate surface area is 120 Å². The number of hydrogen-bond acceptors (Lipinski definition) is 3. The van der Waals surface area contributed by atoms with E-state index in [1.165, 1.54) is 12.1 Å². The summed E-state index contributed by atoms with van der Waals surface area (Å²) in [5.74, 6) is 0. The van der Waals surface area contributed by atoms with Gasteiger partial charge in [-0.25, -0.2) is 8.42 Å². The molecule has 0 bridgehead atoms. The number of anilines is 2. The number of benzene rings is 2. The number of nitrogen functional groups attached to an aromatic ring is 1. The van der Waals surface area contributed by atoms with E-state index in [0.717, 1.165) is 10.0 Å². The fourth-order valence-electron chi connectivity index (χ4n) is 1.53. The number of rotatable bonds is 3. The van der Waals surface area contributed by atoms with Crippen molar-refractivity contribution in [1.82, 2.24) is 0 Å². The zero-order valence-electron chi connectivity index (χ0n) is 10.2. The van der Waals surface area contributed by atoms with Gasteiger partial charge in [0.25, 0.3) is 10.0 Å². The third kappa shape index (κ3) is 3.27. The highest BCUT2D eigenvalue weighted by molar-refractivity contribution is 9.10. The van der Waals surface area contributed by atoms with Crippen LogP contribution in [0.5, 0.6) is 0 Å². The van der Waals surface area contributed by atoms with Crippen LogP contribution in [0.4, 0.5) is 11.4 Å². The van der Waals surface area contributed by atoms with E-state index >= 15 is 0 Å². The molecule has 0 saturated carbocycles. The first-order valence-electron chi connectivity index (χ1n) is 5.53. The molecule has 0 aromatic heterocycles. The molecule has 0 aliphatic heterocycles. The second-order valence-electron chi connectivity index (χ2n) is 4.13. The minimum Gasteiger partial charge on any atom is -0.398 e. The first kappa shape index (κ1) is 13.9. The van der Waals surface area contributed by atoms with E-state index in [2.05, 4.69) is 20.7 Å². The summed E-state index contributed by atoms with van der Waals surface area (Å²) in [6.07, 6.45) is 0. The van der Waals surface area contributed by atoms with Crippen LogP contribution in [-0.2, 0) is 10.0 Å². The van der Waals surface area contributed by atoms with Gasteiger partial charge in [-0.3, -0.25) is 4.72 Å². The predicted octanol–water partition coefficient (Wildman–Crippen LogP) is 3.14. The van der Waals surface area contributed by atoms with Crippen molar-refractivity contribution in [3.63, 3.8) is 0 Å². The molecule has 0 spiro atoms. The molecule has 0 atom stereocenters. The van der Waals surface area contributed by atoms with Crippen LogP contribution in [0.2, 0.25) is 0 Å². The van der Waals surface area contributed by atoms with E-state index in [1.807, 2.05) is 6.92 Å². The molecule has 0 heterocycles. The molecule has 19 heavy (non-hydrogen) atoms. The second-order valence-corrected chi connectivity index (χ2v) is 6.73. The van der Waals surface area contributed by atoms with Crippen LogP contribution in [0, 0.1) is 6.92 Å². The summed E-state index contributed by atoms with van der Waals surface area (Å²) in [4.78, 5) is 0.204. The topological polar surface area (TPSA) is 72.2 Å². The Kier molecular flexibility index (Phi) is 3.82. The molecule has 4 nitrogen and oxygen atoms in total. The van der Waals surface area contributed by atoms with Gasteiger partial charge in [-0.1, -0.05) is 22.0 Å². The summed E-state index contributed by atoms with van der Waals surface area (Å²) < 4.78 is 27.6. The van der Waals surface area contributed by atoms with Crippen LogP contribution < -0.4 is 10.5 Å². The number of aryl methyl sites for hydroxylation is 1. The predicted molar refractivity (Wildman–Crippen MR) is 80.5 cm³/mol. The van der Waals surface area contributed by atoms with E-state index in [0.29, 0.717) is 11.4 Å². The molecule has 2 aromatic carbocycles. The molecule has 0 aliphatic rings. The average Bonchev–Trinajstić information content (AvgIpc) is 2.34. The number of halogens is 1. The van der Waals surface area contributed by atoms with Gasteiger partial charge in [0.2, 0.25) is 0 Å². The van der Waals surface area contributed by atoms with Crippen molar-refractivity contribution in [3.05, 3.63) is 52.5 Å². The van der Waals surface area contributed by atoms with E-state index in [4.69, 9.17) is 5.73 Å². The highest BCUT2D eigenvalue weighted by Gasteiger charge is 2.14. The SMILES string of the molecule is Cc1ccc(NS(=O)(=O)c2ccc(Br)cc2)cc1N. The summed E-state index contributed by atoms with van der Waals surface area (Å²) in [6.45, 7) is 1.86. The minimum atomic E-state index is -3.59. The first-order chi connectivity index (χ1) is 8.88. The lowest BCUT2D eigenvalue weighted by molar-refractivity contribution is 0.601. The maximum atomic E-state index is 12.1. The quantitative estimate of drug-likeness (QED) is 0.843. The summed E-state index contributed by atoms with van der Waals surface area (Å²) in [7, 11) is -3.59. The smallest absolute Gasteiger partial charge is 0.261 e. The van der Waals surface area contributed by atoms with Gasteiger partial charge in [0.1, 0.15) is 0 Å². The Morgan fingerprint density at radius 1 is 1.11 bits per heavy atom. The van der Waals surface area contributed by atoms with Gasteiger partial charge in [-0.05, 0) is 48.9 Å². The van der Waals surface area contributed by atoms with Gasteiger partial charge < -0.3 is 5.73 Å². The normalized spacial score (nSPS) is 11.3. The van der Waals surface area contributed by atoms with E-state index in [9.17, 15) is 8.42 Å². The molecule has 6 heteroatoms. The maximum absolute atomic E-state index is 12.1. The van der Waals surface area contributed by atoms with Crippen molar-refractivity contribution in [2.24, 2.45) is 0 Å². The molecule has 0 saturated heterocycles. The van der Waals surface area contributed by atoms with Gasteiger partial charge in [-0.2, -0.15) is 0 Å². The molecule has 2 rings (SSSR count).